The Hall–Kier alpha value is -2.51. The van der Waals surface area contributed by atoms with Gasteiger partial charge in [0, 0.05) is 38.3 Å². The number of hydrogen-bond acceptors (Lipinski definition) is 6. The van der Waals surface area contributed by atoms with Gasteiger partial charge >= 0.3 is 6.01 Å². The van der Waals surface area contributed by atoms with Crippen LogP contribution >= 0.6 is 0 Å². The lowest BCUT2D eigenvalue weighted by Gasteiger charge is -2.32. The zero-order chi connectivity index (χ0) is 16.9. The third-order valence-corrected chi connectivity index (χ3v) is 4.41. The predicted octanol–water partition coefficient (Wildman–Crippen LogP) is 0.243. The van der Waals surface area contributed by atoms with E-state index in [9.17, 15) is 14.4 Å². The molecule has 0 atom stereocenters. The molecule has 0 aromatic carbocycles. The van der Waals surface area contributed by atoms with E-state index in [0.29, 0.717) is 31.6 Å². The highest BCUT2D eigenvalue weighted by molar-refractivity contribution is 6.04. The van der Waals surface area contributed by atoms with E-state index in [4.69, 9.17) is 4.74 Å². The van der Waals surface area contributed by atoms with Gasteiger partial charge in [0.05, 0.1) is 6.61 Å². The molecule has 2 saturated heterocycles. The molecule has 1 aromatic rings. The van der Waals surface area contributed by atoms with Gasteiger partial charge in [0.1, 0.15) is 6.54 Å². The van der Waals surface area contributed by atoms with Crippen LogP contribution < -0.4 is 4.74 Å². The smallest absolute Gasteiger partial charge is 0.316 e. The number of carbonyl (C=O) groups excluding carboxylic acids is 3. The minimum absolute atomic E-state index is 0.128. The van der Waals surface area contributed by atoms with Gasteiger partial charge in [-0.1, -0.05) is 0 Å². The van der Waals surface area contributed by atoms with Crippen LogP contribution in [0, 0.1) is 5.92 Å². The van der Waals surface area contributed by atoms with Crippen molar-refractivity contribution >= 4 is 17.7 Å². The average Bonchev–Trinajstić information content (AvgIpc) is 2.93. The first-order chi connectivity index (χ1) is 11.6. The highest BCUT2D eigenvalue weighted by atomic mass is 16.5. The SMILES string of the molecule is O=C(CN1C(=O)CCC1=O)N1CCC(COc2ncccn2)CC1. The van der Waals surface area contributed by atoms with Crippen molar-refractivity contribution in [2.24, 2.45) is 5.92 Å². The summed E-state index contributed by atoms with van der Waals surface area (Å²) in [6.07, 6.45) is 5.33. The number of hydrogen-bond donors (Lipinski definition) is 0. The molecule has 3 rings (SSSR count). The first-order valence-corrected chi connectivity index (χ1v) is 8.14. The molecule has 128 valence electrons. The Kier molecular flexibility index (Phi) is 5.02. The van der Waals surface area contributed by atoms with Crippen LogP contribution in [0.3, 0.4) is 0 Å². The molecular formula is C16H20N4O4. The average molecular weight is 332 g/mol. The van der Waals surface area contributed by atoms with Crippen LogP contribution in [0.25, 0.3) is 0 Å². The van der Waals surface area contributed by atoms with Gasteiger partial charge < -0.3 is 9.64 Å². The first kappa shape index (κ1) is 16.4. The summed E-state index contributed by atoms with van der Waals surface area (Å²) in [6.45, 7) is 1.61. The second-order valence-electron chi connectivity index (χ2n) is 6.04. The van der Waals surface area contributed by atoms with Crippen molar-refractivity contribution in [3.05, 3.63) is 18.5 Å². The normalized spacial score (nSPS) is 19.0. The summed E-state index contributed by atoms with van der Waals surface area (Å²) in [6, 6.07) is 2.09. The number of piperidine rings is 1. The maximum absolute atomic E-state index is 12.3. The van der Waals surface area contributed by atoms with E-state index in [1.165, 1.54) is 0 Å². The van der Waals surface area contributed by atoms with Gasteiger partial charge in [-0.25, -0.2) is 9.97 Å². The molecule has 2 fully saturated rings. The Bertz CT molecular complexity index is 598. The van der Waals surface area contributed by atoms with Crippen LogP contribution in [0.1, 0.15) is 25.7 Å². The lowest BCUT2D eigenvalue weighted by molar-refractivity contribution is -0.146. The maximum atomic E-state index is 12.3. The number of imide groups is 1. The first-order valence-electron chi connectivity index (χ1n) is 8.14. The second-order valence-corrected chi connectivity index (χ2v) is 6.04. The van der Waals surface area contributed by atoms with Crippen LogP contribution in [0.2, 0.25) is 0 Å². The van der Waals surface area contributed by atoms with E-state index in [-0.39, 0.29) is 37.1 Å². The fraction of sp³-hybridized carbons (Fsp3) is 0.562. The number of nitrogens with zero attached hydrogens (tertiary/aromatic N) is 4. The number of rotatable bonds is 5. The minimum atomic E-state index is -0.250. The molecule has 0 saturated carbocycles. The van der Waals surface area contributed by atoms with Crippen molar-refractivity contribution in [1.29, 1.82) is 0 Å². The molecule has 0 N–H and O–H groups in total. The molecule has 0 bridgehead atoms. The van der Waals surface area contributed by atoms with Crippen LogP contribution in [-0.4, -0.2) is 63.7 Å². The van der Waals surface area contributed by atoms with Crippen LogP contribution in [-0.2, 0) is 14.4 Å². The van der Waals surface area contributed by atoms with Crippen molar-refractivity contribution in [3.63, 3.8) is 0 Å². The molecule has 8 nitrogen and oxygen atoms in total. The number of amides is 3. The molecule has 8 heteroatoms. The molecule has 0 spiro atoms. The summed E-state index contributed by atoms with van der Waals surface area (Å²) in [5.74, 6) is -0.323. The minimum Gasteiger partial charge on any atom is -0.463 e. The zero-order valence-corrected chi connectivity index (χ0v) is 13.4. The zero-order valence-electron chi connectivity index (χ0n) is 13.4. The molecule has 2 aliphatic rings. The summed E-state index contributed by atoms with van der Waals surface area (Å²) < 4.78 is 5.55. The molecule has 3 heterocycles. The van der Waals surface area contributed by atoms with Gasteiger partial charge in [-0.15, -0.1) is 0 Å². The monoisotopic (exact) mass is 332 g/mol. The number of carbonyl (C=O) groups is 3. The third-order valence-electron chi connectivity index (χ3n) is 4.41. The summed E-state index contributed by atoms with van der Waals surface area (Å²) >= 11 is 0. The van der Waals surface area contributed by atoms with Crippen molar-refractivity contribution in [2.75, 3.05) is 26.2 Å². The van der Waals surface area contributed by atoms with Gasteiger partial charge in [-0.3, -0.25) is 19.3 Å². The van der Waals surface area contributed by atoms with E-state index in [2.05, 4.69) is 9.97 Å². The lowest BCUT2D eigenvalue weighted by atomic mass is 9.98. The summed E-state index contributed by atoms with van der Waals surface area (Å²) in [5, 5.41) is 0. The van der Waals surface area contributed by atoms with Crippen LogP contribution in [0.15, 0.2) is 18.5 Å². The third kappa shape index (κ3) is 3.87. The molecule has 2 aliphatic heterocycles. The highest BCUT2D eigenvalue weighted by Gasteiger charge is 2.32. The largest absolute Gasteiger partial charge is 0.463 e. The van der Waals surface area contributed by atoms with Crippen molar-refractivity contribution in [3.8, 4) is 6.01 Å². The fourth-order valence-electron chi connectivity index (χ4n) is 2.94. The van der Waals surface area contributed by atoms with Gasteiger partial charge in [-0.05, 0) is 24.8 Å². The molecule has 0 aliphatic carbocycles. The molecule has 3 amide bonds. The van der Waals surface area contributed by atoms with E-state index in [0.717, 1.165) is 17.7 Å². The molecule has 24 heavy (non-hydrogen) atoms. The molecule has 0 unspecified atom stereocenters. The second kappa shape index (κ2) is 7.37. The van der Waals surface area contributed by atoms with E-state index < -0.39 is 0 Å². The molecular weight excluding hydrogens is 312 g/mol. The number of likely N-dealkylation sites (tertiary alicyclic amines) is 2. The lowest BCUT2D eigenvalue weighted by Crippen LogP contribution is -2.46. The number of ether oxygens (including phenoxy) is 1. The van der Waals surface area contributed by atoms with E-state index in [1.54, 1.807) is 23.4 Å². The van der Waals surface area contributed by atoms with Crippen LogP contribution in [0.4, 0.5) is 0 Å². The fourth-order valence-corrected chi connectivity index (χ4v) is 2.94. The van der Waals surface area contributed by atoms with Crippen molar-refractivity contribution in [1.82, 2.24) is 19.8 Å². The van der Waals surface area contributed by atoms with Gasteiger partial charge in [0.2, 0.25) is 17.7 Å². The Morgan fingerprint density at radius 1 is 1.12 bits per heavy atom. The topological polar surface area (TPSA) is 92.7 Å². The Labute approximate surface area is 139 Å². The predicted molar refractivity (Wildman–Crippen MR) is 82.8 cm³/mol. The molecule has 1 aromatic heterocycles. The number of aromatic nitrogens is 2. The maximum Gasteiger partial charge on any atom is 0.316 e. The molecule has 0 radical (unpaired) electrons. The standard InChI is InChI=1S/C16H20N4O4/c21-13-2-3-14(22)20(13)10-15(23)19-8-4-12(5-9-19)11-24-16-17-6-1-7-18-16/h1,6-7,12H,2-5,8-11H2. The highest BCUT2D eigenvalue weighted by Crippen LogP contribution is 2.19. The Balaban J connectivity index is 1.42. The van der Waals surface area contributed by atoms with E-state index >= 15 is 0 Å². The summed E-state index contributed by atoms with van der Waals surface area (Å²) in [5.41, 5.74) is 0. The Morgan fingerprint density at radius 3 is 2.38 bits per heavy atom. The summed E-state index contributed by atoms with van der Waals surface area (Å²) in [7, 11) is 0. The summed E-state index contributed by atoms with van der Waals surface area (Å²) in [4.78, 5) is 46.2. The van der Waals surface area contributed by atoms with Gasteiger partial charge in [-0.2, -0.15) is 0 Å². The van der Waals surface area contributed by atoms with E-state index in [1.807, 2.05) is 0 Å². The van der Waals surface area contributed by atoms with Gasteiger partial charge in [0.25, 0.3) is 0 Å². The van der Waals surface area contributed by atoms with Crippen LogP contribution in [0.5, 0.6) is 6.01 Å². The Morgan fingerprint density at radius 2 is 1.75 bits per heavy atom. The quantitative estimate of drug-likeness (QED) is 0.717. The van der Waals surface area contributed by atoms with Crippen molar-refractivity contribution in [2.45, 2.75) is 25.7 Å². The van der Waals surface area contributed by atoms with Gasteiger partial charge in [0.15, 0.2) is 0 Å². The van der Waals surface area contributed by atoms with Crippen molar-refractivity contribution < 1.29 is 19.1 Å².